The standard InChI is InChI=1S/C15H20N2O4/c1-11(18)17-13-7-5-12(6-8-13)3-2-4-14(19)16-10-9-15(20)21/h5-8H,2-4,9-10H2,1H3,(H,16,19)(H,17,18)(H,20,21). The van der Waals surface area contributed by atoms with Gasteiger partial charge in [-0.25, -0.2) is 0 Å². The van der Waals surface area contributed by atoms with Crippen molar-refractivity contribution in [1.29, 1.82) is 0 Å². The molecular weight excluding hydrogens is 272 g/mol. The molecule has 0 aromatic heterocycles. The molecule has 1 aromatic rings. The Morgan fingerprint density at radius 2 is 1.76 bits per heavy atom. The van der Waals surface area contributed by atoms with E-state index < -0.39 is 5.97 Å². The van der Waals surface area contributed by atoms with Gasteiger partial charge >= 0.3 is 5.97 Å². The van der Waals surface area contributed by atoms with Gasteiger partial charge in [-0.1, -0.05) is 12.1 Å². The summed E-state index contributed by atoms with van der Waals surface area (Å²) in [7, 11) is 0. The van der Waals surface area contributed by atoms with Gasteiger partial charge in [-0.2, -0.15) is 0 Å². The molecule has 0 radical (unpaired) electrons. The Morgan fingerprint density at radius 1 is 1.10 bits per heavy atom. The van der Waals surface area contributed by atoms with E-state index in [1.165, 1.54) is 6.92 Å². The monoisotopic (exact) mass is 292 g/mol. The first-order valence-electron chi connectivity index (χ1n) is 6.82. The van der Waals surface area contributed by atoms with Gasteiger partial charge in [-0.3, -0.25) is 14.4 Å². The molecule has 6 nitrogen and oxygen atoms in total. The van der Waals surface area contributed by atoms with E-state index in [1.807, 2.05) is 24.3 Å². The van der Waals surface area contributed by atoms with Crippen molar-refractivity contribution in [2.45, 2.75) is 32.6 Å². The quantitative estimate of drug-likeness (QED) is 0.677. The molecule has 2 amide bonds. The van der Waals surface area contributed by atoms with Gasteiger partial charge in [0.15, 0.2) is 0 Å². The number of aliphatic carboxylic acids is 1. The summed E-state index contributed by atoms with van der Waals surface area (Å²) in [6.45, 7) is 1.62. The summed E-state index contributed by atoms with van der Waals surface area (Å²) in [4.78, 5) is 32.6. The second kappa shape index (κ2) is 8.73. The van der Waals surface area contributed by atoms with Crippen LogP contribution in [0.25, 0.3) is 0 Å². The fourth-order valence-electron chi connectivity index (χ4n) is 1.81. The van der Waals surface area contributed by atoms with Crippen LogP contribution < -0.4 is 10.6 Å². The van der Waals surface area contributed by atoms with Crippen LogP contribution in [-0.2, 0) is 20.8 Å². The number of rotatable bonds is 8. The highest BCUT2D eigenvalue weighted by Gasteiger charge is 2.03. The zero-order valence-corrected chi connectivity index (χ0v) is 12.0. The summed E-state index contributed by atoms with van der Waals surface area (Å²) in [5.41, 5.74) is 1.83. The molecule has 3 N–H and O–H groups in total. The largest absolute Gasteiger partial charge is 0.481 e. The van der Waals surface area contributed by atoms with Crippen molar-refractivity contribution < 1.29 is 19.5 Å². The number of carboxylic acid groups (broad SMARTS) is 1. The molecule has 0 aliphatic rings. The smallest absolute Gasteiger partial charge is 0.305 e. The normalized spacial score (nSPS) is 9.95. The van der Waals surface area contributed by atoms with Crippen LogP contribution in [0.4, 0.5) is 5.69 Å². The Labute approximate surface area is 123 Å². The van der Waals surface area contributed by atoms with Gasteiger partial charge in [0.25, 0.3) is 0 Å². The Kier molecular flexibility index (Phi) is 6.94. The lowest BCUT2D eigenvalue weighted by Crippen LogP contribution is -2.25. The van der Waals surface area contributed by atoms with Gasteiger partial charge in [0.1, 0.15) is 0 Å². The number of amides is 2. The number of nitrogens with one attached hydrogen (secondary N) is 2. The fourth-order valence-corrected chi connectivity index (χ4v) is 1.81. The summed E-state index contributed by atoms with van der Waals surface area (Å²) in [5.74, 6) is -1.17. The molecular formula is C15H20N2O4. The van der Waals surface area contributed by atoms with E-state index >= 15 is 0 Å². The molecule has 0 saturated carbocycles. The summed E-state index contributed by atoms with van der Waals surface area (Å²) in [6.07, 6.45) is 1.76. The molecule has 0 fully saturated rings. The lowest BCUT2D eigenvalue weighted by Gasteiger charge is -2.05. The Morgan fingerprint density at radius 3 is 2.33 bits per heavy atom. The molecule has 21 heavy (non-hydrogen) atoms. The maximum absolute atomic E-state index is 11.4. The van der Waals surface area contributed by atoms with Crippen molar-refractivity contribution in [3.63, 3.8) is 0 Å². The third kappa shape index (κ3) is 7.71. The van der Waals surface area contributed by atoms with Crippen LogP contribution in [0.3, 0.4) is 0 Å². The number of carbonyl (C=O) groups excluding carboxylic acids is 2. The molecule has 0 bridgehead atoms. The minimum Gasteiger partial charge on any atom is -0.481 e. The average Bonchev–Trinajstić information content (AvgIpc) is 2.39. The Bertz CT molecular complexity index is 497. The van der Waals surface area contributed by atoms with Crippen molar-refractivity contribution in [3.8, 4) is 0 Å². The highest BCUT2D eigenvalue weighted by atomic mass is 16.4. The molecule has 6 heteroatoms. The first-order chi connectivity index (χ1) is 9.97. The maximum Gasteiger partial charge on any atom is 0.305 e. The zero-order chi connectivity index (χ0) is 15.7. The molecule has 0 saturated heterocycles. The van der Waals surface area contributed by atoms with Gasteiger partial charge in [-0.05, 0) is 30.5 Å². The van der Waals surface area contributed by atoms with Crippen LogP contribution in [0.2, 0.25) is 0 Å². The molecule has 0 aliphatic heterocycles. The summed E-state index contributed by atoms with van der Waals surface area (Å²) >= 11 is 0. The third-order valence-electron chi connectivity index (χ3n) is 2.80. The van der Waals surface area contributed by atoms with Crippen molar-refractivity contribution in [2.24, 2.45) is 0 Å². The van der Waals surface area contributed by atoms with Crippen molar-refractivity contribution >= 4 is 23.5 Å². The van der Waals surface area contributed by atoms with E-state index in [-0.39, 0.29) is 24.8 Å². The predicted molar refractivity (Wildman–Crippen MR) is 78.9 cm³/mol. The Hall–Kier alpha value is -2.37. The maximum atomic E-state index is 11.4. The van der Waals surface area contributed by atoms with Gasteiger partial charge in [0, 0.05) is 25.6 Å². The van der Waals surface area contributed by atoms with E-state index in [1.54, 1.807) is 0 Å². The molecule has 0 spiro atoms. The fraction of sp³-hybridized carbons (Fsp3) is 0.400. The topological polar surface area (TPSA) is 95.5 Å². The van der Waals surface area contributed by atoms with Gasteiger partial charge < -0.3 is 15.7 Å². The molecule has 1 rings (SSSR count). The van der Waals surface area contributed by atoms with Crippen molar-refractivity contribution in [3.05, 3.63) is 29.8 Å². The van der Waals surface area contributed by atoms with Crippen LogP contribution >= 0.6 is 0 Å². The van der Waals surface area contributed by atoms with Gasteiger partial charge in [0.2, 0.25) is 11.8 Å². The first-order valence-corrected chi connectivity index (χ1v) is 6.82. The van der Waals surface area contributed by atoms with Crippen LogP contribution in [-0.4, -0.2) is 29.4 Å². The second-order valence-corrected chi connectivity index (χ2v) is 4.73. The van der Waals surface area contributed by atoms with Gasteiger partial charge in [0.05, 0.1) is 6.42 Å². The lowest BCUT2D eigenvalue weighted by molar-refractivity contribution is -0.137. The number of carbonyl (C=O) groups is 3. The van der Waals surface area contributed by atoms with E-state index in [0.717, 1.165) is 17.7 Å². The molecule has 0 unspecified atom stereocenters. The number of hydrogen-bond donors (Lipinski definition) is 3. The van der Waals surface area contributed by atoms with Gasteiger partial charge in [-0.15, -0.1) is 0 Å². The number of carboxylic acids is 1. The SMILES string of the molecule is CC(=O)Nc1ccc(CCCC(=O)NCCC(=O)O)cc1. The highest BCUT2D eigenvalue weighted by molar-refractivity contribution is 5.88. The summed E-state index contributed by atoms with van der Waals surface area (Å²) < 4.78 is 0. The van der Waals surface area contributed by atoms with E-state index in [4.69, 9.17) is 5.11 Å². The first kappa shape index (κ1) is 16.7. The van der Waals surface area contributed by atoms with Crippen LogP contribution in [0.1, 0.15) is 31.7 Å². The molecule has 1 aromatic carbocycles. The van der Waals surface area contributed by atoms with Crippen molar-refractivity contribution in [2.75, 3.05) is 11.9 Å². The van der Waals surface area contributed by atoms with E-state index in [0.29, 0.717) is 12.8 Å². The van der Waals surface area contributed by atoms with Crippen LogP contribution in [0.15, 0.2) is 24.3 Å². The molecule has 0 heterocycles. The highest BCUT2D eigenvalue weighted by Crippen LogP contribution is 2.11. The lowest BCUT2D eigenvalue weighted by atomic mass is 10.1. The minimum absolute atomic E-state index is 0.0592. The average molecular weight is 292 g/mol. The number of benzene rings is 1. The number of aryl methyl sites for hydroxylation is 1. The molecule has 0 aliphatic carbocycles. The predicted octanol–water partition coefficient (Wildman–Crippen LogP) is 1.56. The minimum atomic E-state index is -0.922. The van der Waals surface area contributed by atoms with Crippen LogP contribution in [0.5, 0.6) is 0 Å². The van der Waals surface area contributed by atoms with Crippen molar-refractivity contribution in [1.82, 2.24) is 5.32 Å². The van der Waals surface area contributed by atoms with Crippen LogP contribution in [0, 0.1) is 0 Å². The number of anilines is 1. The number of hydrogen-bond acceptors (Lipinski definition) is 3. The molecule has 114 valence electrons. The van der Waals surface area contributed by atoms with E-state index in [9.17, 15) is 14.4 Å². The third-order valence-corrected chi connectivity index (χ3v) is 2.80. The zero-order valence-electron chi connectivity index (χ0n) is 12.0. The Balaban J connectivity index is 2.24. The summed E-state index contributed by atoms with van der Waals surface area (Å²) in [5, 5.41) is 13.7. The van der Waals surface area contributed by atoms with E-state index in [2.05, 4.69) is 10.6 Å². The second-order valence-electron chi connectivity index (χ2n) is 4.73. The summed E-state index contributed by atoms with van der Waals surface area (Å²) in [6, 6.07) is 7.47. The molecule has 0 atom stereocenters.